The van der Waals surface area contributed by atoms with Gasteiger partial charge in [-0.3, -0.25) is 9.89 Å². The molecule has 0 unspecified atom stereocenters. The van der Waals surface area contributed by atoms with Gasteiger partial charge in [-0.2, -0.15) is 5.10 Å². The van der Waals surface area contributed by atoms with Crippen molar-refractivity contribution in [2.75, 3.05) is 46.3 Å². The van der Waals surface area contributed by atoms with Crippen molar-refractivity contribution in [2.24, 2.45) is 0 Å². The number of methoxy groups -OCH3 is 1. The molecule has 3 heterocycles. The second-order valence-corrected chi connectivity index (χ2v) is 7.13. The zero-order chi connectivity index (χ0) is 30.7. The van der Waals surface area contributed by atoms with Gasteiger partial charge in [0.15, 0.2) is 17.3 Å². The lowest BCUT2D eigenvalue weighted by atomic mass is 10.1. The molecule has 1 amide bonds. The summed E-state index contributed by atoms with van der Waals surface area (Å²) in [7, 11) is 1.50. The average Bonchev–Trinajstić information content (AvgIpc) is 3.54. The van der Waals surface area contributed by atoms with Gasteiger partial charge in [0.2, 0.25) is 0 Å². The number of piperazine rings is 1. The predicted octanol–water partition coefficient (Wildman–Crippen LogP) is 3.09. The van der Waals surface area contributed by atoms with E-state index < -0.39 is 37.7 Å². The zero-order valence-electron chi connectivity index (χ0n) is 25.8. The van der Waals surface area contributed by atoms with Crippen LogP contribution in [0.3, 0.4) is 0 Å². The smallest absolute Gasteiger partial charge is 0.253 e. The molecule has 1 fully saturated rings. The summed E-state index contributed by atoms with van der Waals surface area (Å²) in [5, 5.41) is 13.1. The second kappa shape index (κ2) is 9.62. The number of rotatable bonds is 7. The molecule has 5 rings (SSSR count). The van der Waals surface area contributed by atoms with Gasteiger partial charge in [-0.25, -0.2) is 4.39 Å². The summed E-state index contributed by atoms with van der Waals surface area (Å²) < 4.78 is 94.4. The number of hydrogen-bond donors (Lipinski definition) is 2. The maximum absolute atomic E-state index is 14.6. The predicted molar refractivity (Wildman–Crippen MR) is 123 cm³/mol. The highest BCUT2D eigenvalue weighted by atomic mass is 19.1. The van der Waals surface area contributed by atoms with Gasteiger partial charge in [0, 0.05) is 67.2 Å². The molecule has 1 aliphatic rings. The van der Waals surface area contributed by atoms with Crippen molar-refractivity contribution in [3.8, 4) is 28.5 Å². The van der Waals surface area contributed by atoms with Crippen LogP contribution in [-0.4, -0.2) is 72.5 Å². The van der Waals surface area contributed by atoms with Crippen molar-refractivity contribution in [1.29, 1.82) is 0 Å². The molecule has 10 heteroatoms. The first-order valence-corrected chi connectivity index (χ1v) is 10.1. The van der Waals surface area contributed by atoms with Gasteiger partial charge in [-0.1, -0.05) is 17.3 Å². The van der Waals surface area contributed by atoms with E-state index in [9.17, 15) is 9.18 Å². The van der Waals surface area contributed by atoms with Crippen LogP contribution in [0.4, 0.5) is 4.39 Å². The second-order valence-electron chi connectivity index (χ2n) is 7.13. The van der Waals surface area contributed by atoms with E-state index in [2.05, 4.69) is 15.4 Å². The Morgan fingerprint density at radius 2 is 2.00 bits per heavy atom. The summed E-state index contributed by atoms with van der Waals surface area (Å²) in [5.74, 6) is -1.64. The third kappa shape index (κ3) is 4.37. The van der Waals surface area contributed by atoms with Crippen LogP contribution in [-0.2, 0) is 4.74 Å². The molecule has 0 bridgehead atoms. The van der Waals surface area contributed by atoms with Crippen molar-refractivity contribution < 1.29 is 34.1 Å². The van der Waals surface area contributed by atoms with E-state index in [4.69, 9.17) is 25.0 Å². The number of carbonyl (C=O) groups is 1. The minimum atomic E-state index is -3.25. The van der Waals surface area contributed by atoms with Gasteiger partial charge >= 0.3 is 0 Å². The Morgan fingerprint density at radius 1 is 1.21 bits per heavy atom. The van der Waals surface area contributed by atoms with E-state index in [1.807, 2.05) is 0 Å². The van der Waals surface area contributed by atoms with Crippen molar-refractivity contribution in [3.05, 3.63) is 53.8 Å². The number of nitrogens with one attached hydrogen (secondary N) is 2. The molecule has 9 nitrogen and oxygen atoms in total. The van der Waals surface area contributed by atoms with Crippen LogP contribution >= 0.6 is 0 Å². The summed E-state index contributed by atoms with van der Waals surface area (Å²) in [6.07, 6.45) is 0. The van der Waals surface area contributed by atoms with Crippen LogP contribution in [0, 0.1) is 5.82 Å². The summed E-state index contributed by atoms with van der Waals surface area (Å²) in [6.45, 7) is -12.3. The van der Waals surface area contributed by atoms with Gasteiger partial charge in [0.05, 0.1) is 17.6 Å². The molecule has 1 aliphatic heterocycles. The molecule has 0 atom stereocenters. The Hall–Kier alpha value is -3.76. The summed E-state index contributed by atoms with van der Waals surface area (Å²) in [4.78, 5) is 13.2. The Morgan fingerprint density at radius 3 is 2.76 bits per heavy atom. The molecule has 2 aromatic carbocycles. The van der Waals surface area contributed by atoms with E-state index in [0.29, 0.717) is 22.2 Å². The van der Waals surface area contributed by atoms with Gasteiger partial charge < -0.3 is 24.2 Å². The minimum Gasteiger partial charge on any atom is -0.488 e. The van der Waals surface area contributed by atoms with Crippen molar-refractivity contribution in [3.63, 3.8) is 0 Å². The Labute approximate surface area is 206 Å². The lowest BCUT2D eigenvalue weighted by molar-refractivity contribution is 0.0736. The van der Waals surface area contributed by atoms with Crippen LogP contribution in [0.5, 0.6) is 5.75 Å². The first kappa shape index (κ1) is 14.5. The van der Waals surface area contributed by atoms with Crippen molar-refractivity contribution >= 4 is 16.8 Å². The Kier molecular flexibility index (Phi) is 4.10. The first-order chi connectivity index (χ1) is 19.6. The fourth-order valence-corrected chi connectivity index (χ4v) is 3.32. The molecule has 176 valence electrons. The van der Waals surface area contributed by atoms with Crippen LogP contribution in [0.2, 0.25) is 0 Å². The number of H-pyrrole nitrogens is 1. The number of halogens is 1. The number of fused-ring (bicyclic) bond motifs is 1. The third-order valence-corrected chi connectivity index (χ3v) is 5.00. The van der Waals surface area contributed by atoms with Gasteiger partial charge in [-0.15, -0.1) is 0 Å². The fraction of sp³-hybridized carbons (Fsp3) is 0.292. The maximum Gasteiger partial charge on any atom is 0.253 e. The highest BCUT2D eigenvalue weighted by Crippen LogP contribution is 2.33. The van der Waals surface area contributed by atoms with E-state index in [0.717, 1.165) is 0 Å². The number of aromatic amines is 1. The lowest BCUT2D eigenvalue weighted by Gasteiger charge is -2.27. The van der Waals surface area contributed by atoms with Gasteiger partial charge in [0.1, 0.15) is 18.0 Å². The normalized spacial score (nSPS) is 23.4. The van der Waals surface area contributed by atoms with Gasteiger partial charge in [0.25, 0.3) is 5.91 Å². The third-order valence-electron chi connectivity index (χ3n) is 5.00. The first-order valence-electron chi connectivity index (χ1n) is 14.1. The van der Waals surface area contributed by atoms with Crippen LogP contribution in [0.25, 0.3) is 33.6 Å². The van der Waals surface area contributed by atoms with E-state index in [1.54, 1.807) is 5.32 Å². The highest BCUT2D eigenvalue weighted by Gasteiger charge is 2.20. The molecular formula is C24H24FN5O4. The summed E-state index contributed by atoms with van der Waals surface area (Å²) in [6, 6.07) is 9.59. The molecule has 0 spiro atoms. The maximum atomic E-state index is 14.6. The summed E-state index contributed by atoms with van der Waals surface area (Å²) in [5.41, 5.74) is 1.30. The molecule has 1 saturated heterocycles. The quantitative estimate of drug-likeness (QED) is 0.397. The van der Waals surface area contributed by atoms with Crippen LogP contribution < -0.4 is 10.1 Å². The van der Waals surface area contributed by atoms with Crippen LogP contribution in [0.1, 0.15) is 21.3 Å². The Bertz CT molecular complexity index is 1620. The number of hydrogen-bond acceptors (Lipinski definition) is 7. The molecule has 2 N–H and O–H groups in total. The highest BCUT2D eigenvalue weighted by molar-refractivity contribution is 5.95. The Balaban J connectivity index is 1.40. The molecule has 4 aromatic rings. The number of carbonyl (C=O) groups excluding carboxylic acids is 1. The van der Waals surface area contributed by atoms with Crippen molar-refractivity contribution in [2.45, 2.75) is 0 Å². The van der Waals surface area contributed by atoms with Crippen molar-refractivity contribution in [1.82, 2.24) is 25.6 Å². The number of benzene rings is 2. The number of aromatic nitrogens is 3. The zero-order valence-corrected chi connectivity index (χ0v) is 17.8. The van der Waals surface area contributed by atoms with Gasteiger partial charge in [-0.05, 0) is 18.2 Å². The fourth-order valence-electron chi connectivity index (χ4n) is 3.32. The molecule has 0 radical (unpaired) electrons. The van der Waals surface area contributed by atoms with E-state index in [1.165, 1.54) is 49.6 Å². The standard InChI is InChI=1S/C24H24FN5O4/c1-32-10-11-33-21-14-20-17(12-18(21)25)23(28-27-20)22-13-19(29-34-22)15-2-4-16(5-3-15)24(31)30-8-6-26-7-9-30/h2-5,12-14,26H,6-11H2,1H3,(H,27,28)/i6D2,7D2,8D2,9D2. The topological polar surface area (TPSA) is 106 Å². The number of nitrogens with zero attached hydrogens (tertiary/aromatic N) is 3. The molecule has 0 saturated carbocycles. The monoisotopic (exact) mass is 473 g/mol. The largest absolute Gasteiger partial charge is 0.488 e. The molecule has 2 aromatic heterocycles. The SMILES string of the molecule is [2H]C1([2H])NC([2H])([2H])C([2H])([2H])N(C(=O)c2ccc(-c3cc(-c4n[nH]c5cc(OCCOC)c(F)cc45)on3)cc2)C1([2H])[2H]. The van der Waals surface area contributed by atoms with E-state index >= 15 is 0 Å². The lowest BCUT2D eigenvalue weighted by Crippen LogP contribution is -2.46. The average molecular weight is 474 g/mol. The molecular weight excluding hydrogens is 441 g/mol. The number of amides is 1. The van der Waals surface area contributed by atoms with E-state index in [-0.39, 0.29) is 40.9 Å². The molecule has 0 aliphatic carbocycles. The summed E-state index contributed by atoms with van der Waals surface area (Å²) >= 11 is 0. The number of ether oxygens (including phenoxy) is 2. The van der Waals surface area contributed by atoms with Crippen LogP contribution in [0.15, 0.2) is 47.0 Å². The minimum absolute atomic E-state index is 0.0249. The molecule has 34 heavy (non-hydrogen) atoms.